The molecule has 1 aromatic rings. The highest BCUT2D eigenvalue weighted by Gasteiger charge is 2.08. The predicted molar refractivity (Wildman–Crippen MR) is 64.9 cm³/mol. The molecule has 1 aromatic heterocycles. The zero-order valence-corrected chi connectivity index (χ0v) is 10.2. The number of amides is 1. The van der Waals surface area contributed by atoms with Crippen LogP contribution >= 0.6 is 0 Å². The van der Waals surface area contributed by atoms with Crippen LogP contribution in [0.5, 0.6) is 0 Å². The maximum atomic E-state index is 11.2. The van der Waals surface area contributed by atoms with Crippen molar-refractivity contribution < 1.29 is 14.3 Å². The van der Waals surface area contributed by atoms with Crippen LogP contribution in [0.3, 0.4) is 0 Å². The van der Waals surface area contributed by atoms with Gasteiger partial charge >= 0.3 is 5.97 Å². The van der Waals surface area contributed by atoms with Gasteiger partial charge in [-0.1, -0.05) is 0 Å². The molecule has 0 unspecified atom stereocenters. The monoisotopic (exact) mass is 252 g/mol. The van der Waals surface area contributed by atoms with E-state index in [2.05, 4.69) is 20.0 Å². The molecule has 0 bridgehead atoms. The number of aromatic nitrogens is 2. The van der Waals surface area contributed by atoms with E-state index in [1.54, 1.807) is 6.07 Å². The lowest BCUT2D eigenvalue weighted by atomic mass is 10.2. The summed E-state index contributed by atoms with van der Waals surface area (Å²) in [6, 6.07) is 1.65. The van der Waals surface area contributed by atoms with Gasteiger partial charge < -0.3 is 15.8 Å². The molecule has 0 saturated carbocycles. The summed E-state index contributed by atoms with van der Waals surface area (Å²) in [5, 5.41) is 3.03. The molecule has 98 valence electrons. The maximum Gasteiger partial charge on any atom is 0.376 e. The van der Waals surface area contributed by atoms with Crippen molar-refractivity contribution in [1.82, 2.24) is 9.97 Å². The third kappa shape index (κ3) is 4.77. The molecule has 1 heterocycles. The SMILES string of the molecule is COC(=O)c1nccc(NCCCCC(N)=O)n1. The molecule has 1 amide bonds. The minimum atomic E-state index is -0.577. The van der Waals surface area contributed by atoms with E-state index in [0.29, 0.717) is 18.8 Å². The zero-order chi connectivity index (χ0) is 13.4. The molecule has 7 nitrogen and oxygen atoms in total. The molecule has 0 aliphatic rings. The number of hydrogen-bond acceptors (Lipinski definition) is 6. The molecule has 0 spiro atoms. The second-order valence-corrected chi connectivity index (χ2v) is 3.61. The normalized spacial score (nSPS) is 9.83. The number of rotatable bonds is 7. The first-order valence-corrected chi connectivity index (χ1v) is 5.57. The van der Waals surface area contributed by atoms with Crippen LogP contribution in [0.1, 0.15) is 29.9 Å². The van der Waals surface area contributed by atoms with E-state index < -0.39 is 5.97 Å². The number of nitrogens with one attached hydrogen (secondary N) is 1. The third-order valence-electron chi connectivity index (χ3n) is 2.18. The van der Waals surface area contributed by atoms with Crippen molar-refractivity contribution in [3.8, 4) is 0 Å². The number of nitrogens with zero attached hydrogens (tertiary/aromatic N) is 2. The van der Waals surface area contributed by atoms with Gasteiger partial charge in [-0.2, -0.15) is 0 Å². The summed E-state index contributed by atoms with van der Waals surface area (Å²) in [5.41, 5.74) is 5.02. The summed E-state index contributed by atoms with van der Waals surface area (Å²) in [5.74, 6) is -0.318. The summed E-state index contributed by atoms with van der Waals surface area (Å²) in [7, 11) is 1.27. The Morgan fingerprint density at radius 1 is 1.44 bits per heavy atom. The first-order valence-electron chi connectivity index (χ1n) is 5.57. The molecule has 7 heteroatoms. The lowest BCUT2D eigenvalue weighted by Crippen LogP contribution is -2.12. The topological polar surface area (TPSA) is 107 Å². The Bertz CT molecular complexity index is 423. The number of methoxy groups -OCH3 is 1. The highest BCUT2D eigenvalue weighted by atomic mass is 16.5. The molecule has 1 rings (SSSR count). The summed E-state index contributed by atoms with van der Waals surface area (Å²) < 4.78 is 4.52. The number of esters is 1. The smallest absolute Gasteiger partial charge is 0.376 e. The van der Waals surface area contributed by atoms with Gasteiger partial charge in [0, 0.05) is 19.2 Å². The minimum Gasteiger partial charge on any atom is -0.463 e. The first-order chi connectivity index (χ1) is 8.63. The van der Waals surface area contributed by atoms with Crippen molar-refractivity contribution in [3.05, 3.63) is 18.1 Å². The molecule has 0 radical (unpaired) electrons. The molecule has 0 fully saturated rings. The van der Waals surface area contributed by atoms with E-state index in [0.717, 1.165) is 12.8 Å². The highest BCUT2D eigenvalue weighted by molar-refractivity contribution is 5.85. The largest absolute Gasteiger partial charge is 0.463 e. The van der Waals surface area contributed by atoms with Crippen LogP contribution in [0.4, 0.5) is 5.82 Å². The summed E-state index contributed by atoms with van der Waals surface area (Å²) >= 11 is 0. The number of ether oxygens (including phenoxy) is 1. The van der Waals surface area contributed by atoms with Crippen molar-refractivity contribution in [1.29, 1.82) is 0 Å². The second kappa shape index (κ2) is 7.21. The molecule has 0 saturated heterocycles. The second-order valence-electron chi connectivity index (χ2n) is 3.61. The van der Waals surface area contributed by atoms with E-state index >= 15 is 0 Å². The van der Waals surface area contributed by atoms with Crippen molar-refractivity contribution in [2.75, 3.05) is 19.0 Å². The van der Waals surface area contributed by atoms with E-state index in [4.69, 9.17) is 5.73 Å². The third-order valence-corrected chi connectivity index (χ3v) is 2.18. The Hall–Kier alpha value is -2.18. The molecule has 3 N–H and O–H groups in total. The van der Waals surface area contributed by atoms with Gasteiger partial charge in [0.1, 0.15) is 5.82 Å². The van der Waals surface area contributed by atoms with Crippen LogP contribution in [0.25, 0.3) is 0 Å². The molecular weight excluding hydrogens is 236 g/mol. The average Bonchev–Trinajstić information content (AvgIpc) is 2.37. The van der Waals surface area contributed by atoms with Crippen LogP contribution in [0.2, 0.25) is 0 Å². The molecule has 0 atom stereocenters. The van der Waals surface area contributed by atoms with Gasteiger partial charge in [0.15, 0.2) is 0 Å². The molecule has 18 heavy (non-hydrogen) atoms. The van der Waals surface area contributed by atoms with E-state index in [1.165, 1.54) is 13.3 Å². The lowest BCUT2D eigenvalue weighted by molar-refractivity contribution is -0.118. The van der Waals surface area contributed by atoms with E-state index in [-0.39, 0.29) is 11.7 Å². The van der Waals surface area contributed by atoms with Crippen LogP contribution < -0.4 is 11.1 Å². The van der Waals surface area contributed by atoms with Crippen LogP contribution in [0, 0.1) is 0 Å². The van der Waals surface area contributed by atoms with Gasteiger partial charge in [0.2, 0.25) is 11.7 Å². The molecular formula is C11H16N4O3. The Balaban J connectivity index is 2.38. The molecule has 0 aliphatic carbocycles. The summed E-state index contributed by atoms with van der Waals surface area (Å²) in [6.07, 6.45) is 3.36. The Morgan fingerprint density at radius 3 is 2.89 bits per heavy atom. The van der Waals surface area contributed by atoms with Crippen molar-refractivity contribution in [2.24, 2.45) is 5.73 Å². The van der Waals surface area contributed by atoms with Gasteiger partial charge in [-0.15, -0.1) is 0 Å². The molecule has 0 aromatic carbocycles. The number of carbonyl (C=O) groups is 2. The van der Waals surface area contributed by atoms with Crippen molar-refractivity contribution >= 4 is 17.7 Å². The fourth-order valence-electron chi connectivity index (χ4n) is 1.29. The van der Waals surface area contributed by atoms with Gasteiger partial charge in [0.05, 0.1) is 7.11 Å². The summed E-state index contributed by atoms with van der Waals surface area (Å²) in [4.78, 5) is 29.5. The standard InChI is InChI=1S/C11H16N4O3/c1-18-11(17)10-14-7-5-9(15-10)13-6-3-2-4-8(12)16/h5,7H,2-4,6H2,1H3,(H2,12,16)(H,13,14,15). The van der Waals surface area contributed by atoms with E-state index in [1.807, 2.05) is 0 Å². The van der Waals surface area contributed by atoms with Gasteiger partial charge in [0.25, 0.3) is 0 Å². The minimum absolute atomic E-state index is 0.0136. The van der Waals surface area contributed by atoms with Crippen LogP contribution in [0.15, 0.2) is 12.3 Å². The highest BCUT2D eigenvalue weighted by Crippen LogP contribution is 2.04. The number of anilines is 1. The maximum absolute atomic E-state index is 11.2. The Kier molecular flexibility index (Phi) is 5.56. The number of primary amides is 1. The Morgan fingerprint density at radius 2 is 2.22 bits per heavy atom. The molecule has 0 aliphatic heterocycles. The Labute approximate surface area is 105 Å². The first kappa shape index (κ1) is 13.9. The van der Waals surface area contributed by atoms with Gasteiger partial charge in [-0.3, -0.25) is 4.79 Å². The quantitative estimate of drug-likeness (QED) is 0.535. The zero-order valence-electron chi connectivity index (χ0n) is 10.2. The average molecular weight is 252 g/mol. The number of hydrogen-bond donors (Lipinski definition) is 2. The van der Waals surface area contributed by atoms with Crippen LogP contribution in [-0.4, -0.2) is 35.5 Å². The van der Waals surface area contributed by atoms with E-state index in [9.17, 15) is 9.59 Å². The fraction of sp³-hybridized carbons (Fsp3) is 0.455. The van der Waals surface area contributed by atoms with Gasteiger partial charge in [-0.25, -0.2) is 14.8 Å². The van der Waals surface area contributed by atoms with Gasteiger partial charge in [-0.05, 0) is 18.9 Å². The lowest BCUT2D eigenvalue weighted by Gasteiger charge is -2.05. The number of nitrogens with two attached hydrogens (primary N) is 1. The number of unbranched alkanes of at least 4 members (excludes halogenated alkanes) is 1. The van der Waals surface area contributed by atoms with Crippen molar-refractivity contribution in [3.63, 3.8) is 0 Å². The van der Waals surface area contributed by atoms with Crippen LogP contribution in [-0.2, 0) is 9.53 Å². The van der Waals surface area contributed by atoms with Crippen molar-refractivity contribution in [2.45, 2.75) is 19.3 Å². The summed E-state index contributed by atoms with van der Waals surface area (Å²) in [6.45, 7) is 0.644. The fourth-order valence-corrected chi connectivity index (χ4v) is 1.29. The predicted octanol–water partition coefficient (Wildman–Crippen LogP) is 0.331. The number of carbonyl (C=O) groups excluding carboxylic acids is 2.